The average molecular weight is 247 g/mol. The summed E-state index contributed by atoms with van der Waals surface area (Å²) in [6.45, 7) is 1.41. The molecule has 0 radical (unpaired) electrons. The van der Waals surface area contributed by atoms with Crippen molar-refractivity contribution in [2.75, 3.05) is 14.2 Å². The second-order valence-electron chi connectivity index (χ2n) is 3.25. The van der Waals surface area contributed by atoms with Crippen LogP contribution in [-0.2, 0) is 10.0 Å². The van der Waals surface area contributed by atoms with Gasteiger partial charge >= 0.3 is 0 Å². The van der Waals surface area contributed by atoms with Gasteiger partial charge in [0.05, 0.1) is 7.11 Å². The van der Waals surface area contributed by atoms with Gasteiger partial charge in [0.25, 0.3) is 0 Å². The molecule has 1 unspecified atom stereocenters. The van der Waals surface area contributed by atoms with Gasteiger partial charge in [-0.05, 0) is 26.1 Å². The molecule has 16 heavy (non-hydrogen) atoms. The van der Waals surface area contributed by atoms with Crippen molar-refractivity contribution in [3.05, 3.63) is 29.6 Å². The van der Waals surface area contributed by atoms with Crippen LogP contribution in [0.2, 0.25) is 0 Å². The quantitative estimate of drug-likeness (QED) is 0.876. The van der Waals surface area contributed by atoms with Gasteiger partial charge in [0.1, 0.15) is 16.8 Å². The van der Waals surface area contributed by atoms with E-state index in [4.69, 9.17) is 4.74 Å². The summed E-state index contributed by atoms with van der Waals surface area (Å²) >= 11 is 0. The number of rotatable bonds is 4. The first kappa shape index (κ1) is 12.9. The zero-order valence-electron chi connectivity index (χ0n) is 9.32. The van der Waals surface area contributed by atoms with Crippen molar-refractivity contribution in [1.82, 2.24) is 4.72 Å². The van der Waals surface area contributed by atoms with Gasteiger partial charge in [0.15, 0.2) is 0 Å². The predicted octanol–water partition coefficient (Wildman–Crippen LogP) is 1.44. The molecule has 1 N–H and O–H groups in total. The largest absolute Gasteiger partial charge is 0.496 e. The van der Waals surface area contributed by atoms with Crippen LogP contribution < -0.4 is 9.46 Å². The van der Waals surface area contributed by atoms with E-state index >= 15 is 0 Å². The van der Waals surface area contributed by atoms with Crippen molar-refractivity contribution < 1.29 is 17.5 Å². The number of halogens is 1. The van der Waals surface area contributed by atoms with Crippen molar-refractivity contribution in [2.24, 2.45) is 0 Å². The fraction of sp³-hybridized carbons (Fsp3) is 0.400. The second-order valence-corrected chi connectivity index (χ2v) is 5.45. The topological polar surface area (TPSA) is 55.4 Å². The normalized spacial score (nSPS) is 13.5. The van der Waals surface area contributed by atoms with Crippen molar-refractivity contribution in [2.45, 2.75) is 12.2 Å². The van der Waals surface area contributed by atoms with E-state index in [0.29, 0.717) is 0 Å². The monoisotopic (exact) mass is 247 g/mol. The molecule has 1 rings (SSSR count). The van der Waals surface area contributed by atoms with E-state index in [0.717, 1.165) is 0 Å². The summed E-state index contributed by atoms with van der Waals surface area (Å²) in [5.41, 5.74) is 0.0411. The van der Waals surface area contributed by atoms with E-state index in [-0.39, 0.29) is 11.3 Å². The van der Waals surface area contributed by atoms with Crippen molar-refractivity contribution in [3.8, 4) is 5.75 Å². The molecule has 1 aromatic carbocycles. The molecule has 0 spiro atoms. The number of ether oxygens (including phenoxy) is 1. The molecule has 1 atom stereocenters. The van der Waals surface area contributed by atoms with Crippen LogP contribution in [0.25, 0.3) is 0 Å². The molecule has 0 saturated heterocycles. The van der Waals surface area contributed by atoms with Gasteiger partial charge in [-0.15, -0.1) is 0 Å². The number of nitrogens with one attached hydrogen (secondary N) is 1. The number of hydrogen-bond acceptors (Lipinski definition) is 3. The van der Waals surface area contributed by atoms with Gasteiger partial charge in [-0.2, -0.15) is 0 Å². The minimum atomic E-state index is -3.58. The van der Waals surface area contributed by atoms with Gasteiger partial charge in [0, 0.05) is 5.56 Å². The van der Waals surface area contributed by atoms with Crippen LogP contribution in [0.15, 0.2) is 18.2 Å². The Morgan fingerprint density at radius 3 is 2.56 bits per heavy atom. The molecule has 4 nitrogen and oxygen atoms in total. The Bertz CT molecular complexity index is 473. The summed E-state index contributed by atoms with van der Waals surface area (Å²) in [5, 5.41) is -1.01. The van der Waals surface area contributed by atoms with Gasteiger partial charge in [-0.3, -0.25) is 0 Å². The molecule has 0 amide bonds. The maximum Gasteiger partial charge on any atom is 0.218 e. The van der Waals surface area contributed by atoms with Crippen molar-refractivity contribution >= 4 is 10.0 Å². The van der Waals surface area contributed by atoms with E-state index in [1.54, 1.807) is 0 Å². The molecule has 0 heterocycles. The van der Waals surface area contributed by atoms with Gasteiger partial charge in [-0.25, -0.2) is 17.5 Å². The third kappa shape index (κ3) is 2.33. The fourth-order valence-corrected chi connectivity index (χ4v) is 2.31. The smallest absolute Gasteiger partial charge is 0.218 e. The summed E-state index contributed by atoms with van der Waals surface area (Å²) in [5.74, 6) is -0.364. The molecule has 0 fully saturated rings. The Kier molecular flexibility index (Phi) is 3.88. The highest BCUT2D eigenvalue weighted by Gasteiger charge is 2.26. The van der Waals surface area contributed by atoms with Crippen molar-refractivity contribution in [1.29, 1.82) is 0 Å². The van der Waals surface area contributed by atoms with E-state index < -0.39 is 21.1 Å². The SMILES string of the molecule is CNS(=O)(=O)C(C)c1c(F)cccc1OC. The zero-order chi connectivity index (χ0) is 12.3. The minimum Gasteiger partial charge on any atom is -0.496 e. The van der Waals surface area contributed by atoms with Gasteiger partial charge in [-0.1, -0.05) is 6.07 Å². The lowest BCUT2D eigenvalue weighted by molar-refractivity contribution is 0.403. The summed E-state index contributed by atoms with van der Waals surface area (Å²) in [6, 6.07) is 4.20. The molecule has 0 aliphatic carbocycles. The summed E-state index contributed by atoms with van der Waals surface area (Å²) in [4.78, 5) is 0. The Balaban J connectivity index is 3.33. The minimum absolute atomic E-state index is 0.0411. The first-order valence-corrected chi connectivity index (χ1v) is 6.23. The number of hydrogen-bond donors (Lipinski definition) is 1. The van der Waals surface area contributed by atoms with E-state index in [1.165, 1.54) is 39.3 Å². The molecule has 0 aliphatic heterocycles. The standard InChI is InChI=1S/C10H14FNO3S/c1-7(16(13,14)12-2)10-8(11)5-4-6-9(10)15-3/h4-7,12H,1-3H3. The van der Waals surface area contributed by atoms with Crippen LogP contribution in [0.3, 0.4) is 0 Å². The Morgan fingerprint density at radius 2 is 2.06 bits per heavy atom. The summed E-state index contributed by atoms with van der Waals surface area (Å²) in [6.07, 6.45) is 0. The number of methoxy groups -OCH3 is 1. The lowest BCUT2D eigenvalue weighted by Crippen LogP contribution is -2.25. The van der Waals surface area contributed by atoms with Crippen LogP contribution in [0.4, 0.5) is 4.39 Å². The highest BCUT2D eigenvalue weighted by atomic mass is 32.2. The summed E-state index contributed by atoms with van der Waals surface area (Å²) in [7, 11) is -0.914. The zero-order valence-corrected chi connectivity index (χ0v) is 10.1. The van der Waals surface area contributed by atoms with E-state index in [9.17, 15) is 12.8 Å². The lowest BCUT2D eigenvalue weighted by atomic mass is 10.1. The molecule has 0 aromatic heterocycles. The third-order valence-corrected chi connectivity index (χ3v) is 4.12. The maximum atomic E-state index is 13.6. The highest BCUT2D eigenvalue weighted by molar-refractivity contribution is 7.89. The first-order valence-electron chi connectivity index (χ1n) is 4.68. The summed E-state index contributed by atoms with van der Waals surface area (Å²) < 4.78 is 43.9. The third-order valence-electron chi connectivity index (χ3n) is 2.39. The van der Waals surface area contributed by atoms with Crippen LogP contribution in [0, 0.1) is 5.82 Å². The van der Waals surface area contributed by atoms with Gasteiger partial charge in [0.2, 0.25) is 10.0 Å². The second kappa shape index (κ2) is 4.80. The molecule has 6 heteroatoms. The number of sulfonamides is 1. The Morgan fingerprint density at radius 1 is 1.44 bits per heavy atom. The molecule has 90 valence electrons. The van der Waals surface area contributed by atoms with Gasteiger partial charge < -0.3 is 4.74 Å². The molecular weight excluding hydrogens is 233 g/mol. The maximum absolute atomic E-state index is 13.6. The lowest BCUT2D eigenvalue weighted by Gasteiger charge is -2.16. The Labute approximate surface area is 94.5 Å². The van der Waals surface area contributed by atoms with E-state index in [2.05, 4.69) is 4.72 Å². The van der Waals surface area contributed by atoms with E-state index in [1.807, 2.05) is 0 Å². The van der Waals surface area contributed by atoms with Crippen LogP contribution >= 0.6 is 0 Å². The van der Waals surface area contributed by atoms with Crippen LogP contribution in [0.1, 0.15) is 17.7 Å². The fourth-order valence-electron chi connectivity index (χ4n) is 1.42. The molecular formula is C10H14FNO3S. The first-order chi connectivity index (χ1) is 7.44. The Hall–Kier alpha value is -1.14. The van der Waals surface area contributed by atoms with Crippen molar-refractivity contribution in [3.63, 3.8) is 0 Å². The predicted molar refractivity (Wildman–Crippen MR) is 59.3 cm³/mol. The molecule has 0 saturated carbocycles. The van der Waals surface area contributed by atoms with Crippen LogP contribution in [0.5, 0.6) is 5.75 Å². The number of benzene rings is 1. The molecule has 0 aliphatic rings. The average Bonchev–Trinajstić information content (AvgIpc) is 2.27. The van der Waals surface area contributed by atoms with Crippen LogP contribution in [-0.4, -0.2) is 22.6 Å². The molecule has 0 bridgehead atoms. The highest BCUT2D eigenvalue weighted by Crippen LogP contribution is 2.31. The molecule has 1 aromatic rings.